The maximum absolute atomic E-state index is 13.4. The van der Waals surface area contributed by atoms with Crippen LogP contribution < -0.4 is 11.1 Å². The molecule has 0 fully saturated rings. The standard InChI is InChI=1S/C18H16Cl2F2N4O2.ClH/c1-26-16(12(19)8-24-26)11-6-15(28-17(11)20)18(27)25-10(7-23)4-9-2-3-13(21)14(22)5-9;/h2-3,5-6,8,10H,4,7,23H2,1H3,(H,25,27);1H. The van der Waals surface area contributed by atoms with Crippen LogP contribution in [0.2, 0.25) is 10.2 Å². The molecule has 3 rings (SSSR count). The Balaban J connectivity index is 0.00000300. The lowest BCUT2D eigenvalue weighted by atomic mass is 10.1. The second-order valence-electron chi connectivity index (χ2n) is 6.12. The fourth-order valence-corrected chi connectivity index (χ4v) is 3.25. The first kappa shape index (κ1) is 23.2. The number of carbonyl (C=O) groups excluding carboxylic acids is 1. The zero-order valence-corrected chi connectivity index (χ0v) is 17.4. The number of halogens is 5. The van der Waals surface area contributed by atoms with Crippen molar-refractivity contribution in [3.8, 4) is 11.3 Å². The van der Waals surface area contributed by atoms with Gasteiger partial charge >= 0.3 is 0 Å². The highest BCUT2D eigenvalue weighted by atomic mass is 35.5. The van der Waals surface area contributed by atoms with Crippen molar-refractivity contribution in [2.45, 2.75) is 12.5 Å². The molecule has 1 amide bonds. The molecule has 1 atom stereocenters. The fraction of sp³-hybridized carbons (Fsp3) is 0.222. The van der Waals surface area contributed by atoms with Crippen LogP contribution in [0.25, 0.3) is 11.3 Å². The van der Waals surface area contributed by atoms with Gasteiger partial charge in [0.2, 0.25) is 5.22 Å². The van der Waals surface area contributed by atoms with E-state index in [1.807, 2.05) is 0 Å². The summed E-state index contributed by atoms with van der Waals surface area (Å²) in [5.74, 6) is -2.50. The van der Waals surface area contributed by atoms with Crippen molar-refractivity contribution >= 4 is 41.5 Å². The Morgan fingerprint density at radius 3 is 2.62 bits per heavy atom. The number of furan rings is 1. The topological polar surface area (TPSA) is 86.1 Å². The van der Waals surface area contributed by atoms with Crippen molar-refractivity contribution in [2.75, 3.05) is 6.54 Å². The summed E-state index contributed by atoms with van der Waals surface area (Å²) in [7, 11) is 1.68. The molecule has 1 unspecified atom stereocenters. The van der Waals surface area contributed by atoms with Crippen molar-refractivity contribution in [3.05, 3.63) is 63.7 Å². The summed E-state index contributed by atoms with van der Waals surface area (Å²) >= 11 is 12.2. The van der Waals surface area contributed by atoms with Gasteiger partial charge in [-0.25, -0.2) is 8.78 Å². The van der Waals surface area contributed by atoms with E-state index in [1.165, 1.54) is 23.0 Å². The molecular weight excluding hydrogens is 449 g/mol. The van der Waals surface area contributed by atoms with Crippen molar-refractivity contribution < 1.29 is 18.0 Å². The van der Waals surface area contributed by atoms with Crippen molar-refractivity contribution in [3.63, 3.8) is 0 Å². The first-order chi connectivity index (χ1) is 13.3. The molecule has 0 aliphatic heterocycles. The molecule has 6 nitrogen and oxygen atoms in total. The fourth-order valence-electron chi connectivity index (χ4n) is 2.76. The zero-order valence-electron chi connectivity index (χ0n) is 15.1. The summed E-state index contributed by atoms with van der Waals surface area (Å²) in [6, 6.07) is 4.45. The quantitative estimate of drug-likeness (QED) is 0.576. The predicted octanol–water partition coefficient (Wildman–Crippen LogP) is 3.99. The van der Waals surface area contributed by atoms with Crippen LogP contribution in [0.5, 0.6) is 0 Å². The Morgan fingerprint density at radius 2 is 2.03 bits per heavy atom. The normalized spacial score (nSPS) is 11.8. The van der Waals surface area contributed by atoms with Gasteiger partial charge in [-0.05, 0) is 35.7 Å². The third-order valence-corrected chi connectivity index (χ3v) is 4.70. The smallest absolute Gasteiger partial charge is 0.287 e. The number of amides is 1. The predicted molar refractivity (Wildman–Crippen MR) is 109 cm³/mol. The molecule has 3 aromatic rings. The van der Waals surface area contributed by atoms with E-state index >= 15 is 0 Å². The summed E-state index contributed by atoms with van der Waals surface area (Å²) < 4.78 is 33.3. The maximum Gasteiger partial charge on any atom is 0.287 e. The monoisotopic (exact) mass is 464 g/mol. The largest absolute Gasteiger partial charge is 0.439 e. The highest BCUT2D eigenvalue weighted by molar-refractivity contribution is 6.35. The molecule has 11 heteroatoms. The van der Waals surface area contributed by atoms with E-state index < -0.39 is 23.6 Å². The average molecular weight is 466 g/mol. The summed E-state index contributed by atoms with van der Waals surface area (Å²) in [5, 5.41) is 7.06. The molecule has 2 heterocycles. The molecule has 0 radical (unpaired) electrons. The summed E-state index contributed by atoms with van der Waals surface area (Å²) in [5.41, 5.74) is 7.12. The van der Waals surface area contributed by atoms with E-state index in [9.17, 15) is 13.6 Å². The minimum Gasteiger partial charge on any atom is -0.439 e. The van der Waals surface area contributed by atoms with Crippen LogP contribution in [0.3, 0.4) is 0 Å². The Hall–Kier alpha value is -2.13. The minimum atomic E-state index is -0.963. The molecule has 0 saturated carbocycles. The van der Waals surface area contributed by atoms with E-state index in [4.69, 9.17) is 33.4 Å². The van der Waals surface area contributed by atoms with Crippen LogP contribution in [0.1, 0.15) is 16.1 Å². The molecule has 1 aromatic carbocycles. The highest BCUT2D eigenvalue weighted by Crippen LogP contribution is 2.35. The molecule has 0 aliphatic rings. The van der Waals surface area contributed by atoms with E-state index in [0.29, 0.717) is 21.8 Å². The lowest BCUT2D eigenvalue weighted by molar-refractivity contribution is 0.0910. The third kappa shape index (κ3) is 5.08. The van der Waals surface area contributed by atoms with Gasteiger partial charge in [-0.1, -0.05) is 17.7 Å². The Kier molecular flexibility index (Phi) is 7.65. The van der Waals surface area contributed by atoms with Crippen molar-refractivity contribution in [1.29, 1.82) is 0 Å². The molecule has 0 spiro atoms. The molecule has 0 bridgehead atoms. The van der Waals surface area contributed by atoms with Crippen LogP contribution in [0, 0.1) is 11.6 Å². The number of nitrogens with zero attached hydrogens (tertiary/aromatic N) is 2. The van der Waals surface area contributed by atoms with Crippen LogP contribution in [-0.2, 0) is 13.5 Å². The van der Waals surface area contributed by atoms with E-state index in [2.05, 4.69) is 10.4 Å². The second-order valence-corrected chi connectivity index (χ2v) is 6.87. The number of nitrogens with two attached hydrogens (primary N) is 1. The van der Waals surface area contributed by atoms with Gasteiger partial charge in [0.15, 0.2) is 17.4 Å². The van der Waals surface area contributed by atoms with Crippen molar-refractivity contribution in [1.82, 2.24) is 15.1 Å². The summed E-state index contributed by atoms with van der Waals surface area (Å²) in [4.78, 5) is 12.5. The second kappa shape index (κ2) is 9.58. The van der Waals surface area contributed by atoms with Gasteiger partial charge in [0.25, 0.3) is 5.91 Å². The highest BCUT2D eigenvalue weighted by Gasteiger charge is 2.22. The Morgan fingerprint density at radius 1 is 1.31 bits per heavy atom. The number of nitrogens with one attached hydrogen (secondary N) is 1. The van der Waals surface area contributed by atoms with Crippen LogP contribution in [0.15, 0.2) is 34.9 Å². The van der Waals surface area contributed by atoms with Gasteiger partial charge in [0.05, 0.1) is 22.5 Å². The number of aromatic nitrogens is 2. The van der Waals surface area contributed by atoms with E-state index in [0.717, 1.165) is 12.1 Å². The SMILES string of the molecule is Cl.Cn1ncc(Cl)c1-c1cc(C(=O)NC(CN)Cc2ccc(F)c(F)c2)oc1Cl. The number of hydrogen-bond acceptors (Lipinski definition) is 4. The van der Waals surface area contributed by atoms with Gasteiger partial charge in [0.1, 0.15) is 0 Å². The summed E-state index contributed by atoms with van der Waals surface area (Å²) in [6.07, 6.45) is 1.67. The van der Waals surface area contributed by atoms with Gasteiger partial charge in [-0.15, -0.1) is 12.4 Å². The molecule has 0 aliphatic carbocycles. The van der Waals surface area contributed by atoms with Crippen LogP contribution >= 0.6 is 35.6 Å². The van der Waals surface area contributed by atoms with Crippen molar-refractivity contribution in [2.24, 2.45) is 12.8 Å². The molecule has 29 heavy (non-hydrogen) atoms. The Bertz CT molecular complexity index is 1000. The van der Waals surface area contributed by atoms with E-state index in [1.54, 1.807) is 7.05 Å². The summed E-state index contributed by atoms with van der Waals surface area (Å²) in [6.45, 7) is 0.0829. The van der Waals surface area contributed by atoms with Gasteiger partial charge < -0.3 is 15.5 Å². The number of aryl methyl sites for hydroxylation is 1. The molecule has 3 N–H and O–H groups in total. The van der Waals surface area contributed by atoms with Gasteiger partial charge in [-0.2, -0.15) is 5.10 Å². The van der Waals surface area contributed by atoms with Crippen LogP contribution in [-0.4, -0.2) is 28.3 Å². The molecule has 2 aromatic heterocycles. The maximum atomic E-state index is 13.4. The zero-order chi connectivity index (χ0) is 20.4. The third-order valence-electron chi connectivity index (χ3n) is 4.15. The van der Waals surface area contributed by atoms with Crippen LogP contribution in [0.4, 0.5) is 8.78 Å². The minimum absolute atomic E-state index is 0. The average Bonchev–Trinajstić information content (AvgIpc) is 3.19. The number of benzene rings is 1. The lowest BCUT2D eigenvalue weighted by Crippen LogP contribution is -2.41. The number of rotatable bonds is 6. The molecule has 156 valence electrons. The van der Waals surface area contributed by atoms with Gasteiger partial charge in [-0.3, -0.25) is 9.48 Å². The van der Waals surface area contributed by atoms with E-state index in [-0.39, 0.29) is 36.4 Å². The van der Waals surface area contributed by atoms with Gasteiger partial charge in [0, 0.05) is 25.7 Å². The number of carbonyl (C=O) groups is 1. The molecule has 0 saturated heterocycles. The number of hydrogen-bond donors (Lipinski definition) is 2. The lowest BCUT2D eigenvalue weighted by Gasteiger charge is -2.16. The Labute approximate surface area is 181 Å². The molecular formula is C18H17Cl3F2N4O2. The first-order valence-corrected chi connectivity index (χ1v) is 8.97. The first-order valence-electron chi connectivity index (χ1n) is 8.22.